The molecule has 2 aliphatic rings. The van der Waals surface area contributed by atoms with Crippen molar-refractivity contribution in [3.8, 4) is 0 Å². The summed E-state index contributed by atoms with van der Waals surface area (Å²) in [6.45, 7) is 1.85. The minimum absolute atomic E-state index is 0.102. The minimum Gasteiger partial charge on any atom is -0.480 e. The lowest BCUT2D eigenvalue weighted by atomic mass is 9.84. The van der Waals surface area contributed by atoms with Gasteiger partial charge in [-0.1, -0.05) is 19.8 Å². The molecule has 5 heteroatoms. The zero-order chi connectivity index (χ0) is 13.3. The van der Waals surface area contributed by atoms with E-state index < -0.39 is 18.1 Å². The largest absolute Gasteiger partial charge is 0.480 e. The molecule has 0 radical (unpaired) electrons. The summed E-state index contributed by atoms with van der Waals surface area (Å²) in [6.07, 6.45) is 5.35. The lowest BCUT2D eigenvalue weighted by Gasteiger charge is -2.34. The molecule has 2 fully saturated rings. The fraction of sp³-hybridized carbons (Fsp3) is 0.846. The highest BCUT2D eigenvalue weighted by atomic mass is 16.4. The van der Waals surface area contributed by atoms with Gasteiger partial charge in [0.25, 0.3) is 0 Å². The van der Waals surface area contributed by atoms with E-state index in [4.69, 9.17) is 5.73 Å². The molecule has 4 atom stereocenters. The Labute approximate surface area is 107 Å². The molecule has 1 saturated carbocycles. The Morgan fingerprint density at radius 1 is 1.39 bits per heavy atom. The maximum atomic E-state index is 12.3. The van der Waals surface area contributed by atoms with E-state index >= 15 is 0 Å². The second kappa shape index (κ2) is 5.26. The molecule has 102 valence electrons. The van der Waals surface area contributed by atoms with Crippen molar-refractivity contribution in [3.63, 3.8) is 0 Å². The number of fused-ring (bicyclic) bond motifs is 1. The molecule has 18 heavy (non-hydrogen) atoms. The number of hydrogen-bond acceptors (Lipinski definition) is 3. The van der Waals surface area contributed by atoms with Crippen molar-refractivity contribution in [1.29, 1.82) is 0 Å². The molecule has 5 nitrogen and oxygen atoms in total. The highest BCUT2D eigenvalue weighted by Gasteiger charge is 2.48. The Bertz CT molecular complexity index is 345. The van der Waals surface area contributed by atoms with Crippen LogP contribution in [0.3, 0.4) is 0 Å². The first kappa shape index (κ1) is 13.3. The Hall–Kier alpha value is -1.10. The van der Waals surface area contributed by atoms with Crippen LogP contribution >= 0.6 is 0 Å². The van der Waals surface area contributed by atoms with E-state index in [0.29, 0.717) is 18.8 Å². The summed E-state index contributed by atoms with van der Waals surface area (Å²) >= 11 is 0. The monoisotopic (exact) mass is 254 g/mol. The van der Waals surface area contributed by atoms with Gasteiger partial charge >= 0.3 is 5.97 Å². The van der Waals surface area contributed by atoms with Crippen molar-refractivity contribution in [3.05, 3.63) is 0 Å². The van der Waals surface area contributed by atoms with Gasteiger partial charge in [-0.2, -0.15) is 0 Å². The van der Waals surface area contributed by atoms with Gasteiger partial charge < -0.3 is 15.7 Å². The Kier molecular flexibility index (Phi) is 3.90. The standard InChI is InChI=1S/C13H22N2O3/c1-2-9(14)12(16)15-10-6-4-3-5-8(10)7-11(15)13(17)18/h8-11H,2-7,14H2,1H3,(H,17,18). The van der Waals surface area contributed by atoms with Crippen LogP contribution in [0.4, 0.5) is 0 Å². The molecular formula is C13H22N2O3. The van der Waals surface area contributed by atoms with Gasteiger partial charge in [-0.25, -0.2) is 4.79 Å². The average Bonchev–Trinajstić information content (AvgIpc) is 2.76. The summed E-state index contributed by atoms with van der Waals surface area (Å²) in [7, 11) is 0. The Morgan fingerprint density at radius 3 is 2.67 bits per heavy atom. The number of likely N-dealkylation sites (tertiary alicyclic amines) is 1. The zero-order valence-corrected chi connectivity index (χ0v) is 10.8. The van der Waals surface area contributed by atoms with Crippen LogP contribution in [0.1, 0.15) is 45.4 Å². The molecular weight excluding hydrogens is 232 g/mol. The summed E-state index contributed by atoms with van der Waals surface area (Å²) < 4.78 is 0. The van der Waals surface area contributed by atoms with Crippen molar-refractivity contribution in [2.45, 2.75) is 63.6 Å². The van der Waals surface area contributed by atoms with Gasteiger partial charge in [0.05, 0.1) is 6.04 Å². The molecule has 0 aromatic heterocycles. The number of nitrogens with two attached hydrogens (primary N) is 1. The van der Waals surface area contributed by atoms with Crippen LogP contribution in [-0.2, 0) is 9.59 Å². The van der Waals surface area contributed by atoms with Crippen LogP contribution in [0.2, 0.25) is 0 Å². The Morgan fingerprint density at radius 2 is 2.06 bits per heavy atom. The molecule has 0 aromatic carbocycles. The third-order valence-corrected chi connectivity index (χ3v) is 4.38. The van der Waals surface area contributed by atoms with Crippen molar-refractivity contribution < 1.29 is 14.7 Å². The predicted octanol–water partition coefficient (Wildman–Crippen LogP) is 0.968. The van der Waals surface area contributed by atoms with E-state index in [1.165, 1.54) is 0 Å². The van der Waals surface area contributed by atoms with Gasteiger partial charge in [-0.3, -0.25) is 4.79 Å². The fourth-order valence-corrected chi connectivity index (χ4v) is 3.36. The van der Waals surface area contributed by atoms with Gasteiger partial charge in [0, 0.05) is 6.04 Å². The van der Waals surface area contributed by atoms with E-state index in [1.54, 1.807) is 4.90 Å². The summed E-state index contributed by atoms with van der Waals surface area (Å²) in [4.78, 5) is 25.2. The highest BCUT2D eigenvalue weighted by Crippen LogP contribution is 2.40. The van der Waals surface area contributed by atoms with Crippen molar-refractivity contribution in [1.82, 2.24) is 4.90 Å². The smallest absolute Gasteiger partial charge is 0.326 e. The normalized spacial score (nSPS) is 33.0. The molecule has 1 aliphatic heterocycles. The number of hydrogen-bond donors (Lipinski definition) is 2. The van der Waals surface area contributed by atoms with Crippen LogP contribution in [0.25, 0.3) is 0 Å². The Balaban J connectivity index is 2.21. The van der Waals surface area contributed by atoms with Crippen LogP contribution in [0.15, 0.2) is 0 Å². The van der Waals surface area contributed by atoms with Gasteiger partial charge in [0.15, 0.2) is 0 Å². The lowest BCUT2D eigenvalue weighted by molar-refractivity contribution is -0.150. The molecule has 0 spiro atoms. The van der Waals surface area contributed by atoms with Crippen molar-refractivity contribution in [2.24, 2.45) is 11.7 Å². The minimum atomic E-state index is -0.888. The molecule has 4 unspecified atom stereocenters. The quantitative estimate of drug-likeness (QED) is 0.786. The summed E-state index contributed by atoms with van der Waals surface area (Å²) in [5, 5.41) is 9.30. The maximum absolute atomic E-state index is 12.3. The molecule has 0 aromatic rings. The number of rotatable bonds is 3. The fourth-order valence-electron chi connectivity index (χ4n) is 3.36. The first-order valence-electron chi connectivity index (χ1n) is 6.86. The first-order chi connectivity index (χ1) is 8.56. The number of carbonyl (C=O) groups is 2. The van der Waals surface area contributed by atoms with E-state index in [0.717, 1.165) is 25.7 Å². The van der Waals surface area contributed by atoms with Crippen molar-refractivity contribution in [2.75, 3.05) is 0 Å². The zero-order valence-electron chi connectivity index (χ0n) is 10.8. The summed E-state index contributed by atoms with van der Waals surface area (Å²) in [6, 6.07) is -1.12. The molecule has 3 N–H and O–H groups in total. The van der Waals surface area contributed by atoms with E-state index in [-0.39, 0.29) is 11.9 Å². The molecule has 1 heterocycles. The maximum Gasteiger partial charge on any atom is 0.326 e. The van der Waals surface area contributed by atoms with Crippen LogP contribution < -0.4 is 5.73 Å². The second-order valence-electron chi connectivity index (χ2n) is 5.46. The van der Waals surface area contributed by atoms with E-state index in [1.807, 2.05) is 6.92 Å². The van der Waals surface area contributed by atoms with Crippen LogP contribution in [0.5, 0.6) is 0 Å². The molecule has 1 saturated heterocycles. The molecule has 0 bridgehead atoms. The van der Waals surface area contributed by atoms with Gasteiger partial charge in [-0.15, -0.1) is 0 Å². The van der Waals surface area contributed by atoms with E-state index in [9.17, 15) is 14.7 Å². The van der Waals surface area contributed by atoms with Crippen LogP contribution in [-0.4, -0.2) is 40.0 Å². The number of aliphatic carboxylic acids is 1. The molecule has 1 amide bonds. The van der Waals surface area contributed by atoms with Crippen molar-refractivity contribution >= 4 is 11.9 Å². The van der Waals surface area contributed by atoms with Gasteiger partial charge in [-0.05, 0) is 31.6 Å². The first-order valence-corrected chi connectivity index (χ1v) is 6.86. The topological polar surface area (TPSA) is 83.6 Å². The second-order valence-corrected chi connectivity index (χ2v) is 5.46. The number of carbonyl (C=O) groups excluding carboxylic acids is 1. The number of carboxylic acid groups (broad SMARTS) is 1. The van der Waals surface area contributed by atoms with Gasteiger partial charge in [0.1, 0.15) is 6.04 Å². The third kappa shape index (κ3) is 2.23. The number of carboxylic acids is 1. The number of nitrogens with zero attached hydrogens (tertiary/aromatic N) is 1. The van der Waals surface area contributed by atoms with Gasteiger partial charge in [0.2, 0.25) is 5.91 Å². The third-order valence-electron chi connectivity index (χ3n) is 4.38. The average molecular weight is 254 g/mol. The van der Waals surface area contributed by atoms with E-state index in [2.05, 4.69) is 0 Å². The summed E-state index contributed by atoms with van der Waals surface area (Å²) in [5.74, 6) is -0.715. The lowest BCUT2D eigenvalue weighted by Crippen LogP contribution is -2.52. The highest BCUT2D eigenvalue weighted by molar-refractivity contribution is 5.87. The predicted molar refractivity (Wildman–Crippen MR) is 66.9 cm³/mol. The number of amides is 1. The molecule has 1 aliphatic carbocycles. The SMILES string of the molecule is CCC(N)C(=O)N1C(C(=O)O)CC2CCCCC21. The van der Waals surface area contributed by atoms with Crippen LogP contribution in [0, 0.1) is 5.92 Å². The molecule has 2 rings (SSSR count). The summed E-state index contributed by atoms with van der Waals surface area (Å²) in [5.41, 5.74) is 5.80.